The molecule has 8 heteroatoms. The van der Waals surface area contributed by atoms with Crippen LogP contribution in [0.2, 0.25) is 5.02 Å². The van der Waals surface area contributed by atoms with Gasteiger partial charge in [0.05, 0.1) is 10.8 Å². The number of carbonyl (C=O) groups is 1. The predicted octanol–water partition coefficient (Wildman–Crippen LogP) is 2.93. The third-order valence-electron chi connectivity index (χ3n) is 2.59. The summed E-state index contributed by atoms with van der Waals surface area (Å²) >= 11 is 6.98. The summed E-state index contributed by atoms with van der Waals surface area (Å²) in [5.74, 6) is -0.371. The molecule has 2 aromatic rings. The lowest BCUT2D eigenvalue weighted by Gasteiger charge is -2.24. The molecule has 2 heterocycles. The summed E-state index contributed by atoms with van der Waals surface area (Å²) in [4.78, 5) is 15.0. The summed E-state index contributed by atoms with van der Waals surface area (Å²) in [6.07, 6.45) is 1.54. The number of thioether (sulfide) groups is 1. The Morgan fingerprint density at radius 2 is 2.10 bits per heavy atom. The molecule has 0 aliphatic carbocycles. The van der Waals surface area contributed by atoms with Gasteiger partial charge in [-0.05, 0) is 32.9 Å². The zero-order chi connectivity index (χ0) is 15.6. The van der Waals surface area contributed by atoms with Crippen molar-refractivity contribution >= 4 is 29.3 Å². The third kappa shape index (κ3) is 3.74. The van der Waals surface area contributed by atoms with E-state index in [-0.39, 0.29) is 11.3 Å². The summed E-state index contributed by atoms with van der Waals surface area (Å²) < 4.78 is 1.89. The molecule has 0 atom stereocenters. The van der Waals surface area contributed by atoms with Crippen molar-refractivity contribution in [2.75, 3.05) is 5.75 Å². The molecule has 0 saturated carbocycles. The molecular formula is C13H15ClN4O2S. The number of hydrogen-bond donors (Lipinski definition) is 1. The van der Waals surface area contributed by atoms with Gasteiger partial charge < -0.3 is 5.11 Å². The van der Waals surface area contributed by atoms with Crippen LogP contribution in [0.3, 0.4) is 0 Å². The largest absolute Gasteiger partial charge is 0.481 e. The van der Waals surface area contributed by atoms with Gasteiger partial charge in [-0.2, -0.15) is 0 Å². The average molecular weight is 327 g/mol. The minimum Gasteiger partial charge on any atom is -0.481 e. The topological polar surface area (TPSA) is 80.9 Å². The maximum absolute atomic E-state index is 10.7. The molecule has 2 aromatic heterocycles. The molecule has 21 heavy (non-hydrogen) atoms. The van der Waals surface area contributed by atoms with E-state index < -0.39 is 5.97 Å². The van der Waals surface area contributed by atoms with E-state index in [0.717, 1.165) is 11.8 Å². The van der Waals surface area contributed by atoms with Gasteiger partial charge in [0.2, 0.25) is 0 Å². The lowest BCUT2D eigenvalue weighted by Crippen LogP contribution is -2.24. The van der Waals surface area contributed by atoms with Crippen molar-refractivity contribution in [3.05, 3.63) is 23.4 Å². The molecular weight excluding hydrogens is 312 g/mol. The summed E-state index contributed by atoms with van der Waals surface area (Å²) in [6.45, 7) is 6.00. The van der Waals surface area contributed by atoms with E-state index in [9.17, 15) is 4.79 Å². The average Bonchev–Trinajstić information content (AvgIpc) is 2.81. The van der Waals surface area contributed by atoms with Crippen molar-refractivity contribution in [1.82, 2.24) is 19.7 Å². The molecule has 0 aromatic carbocycles. The normalized spacial score (nSPS) is 11.6. The summed E-state index contributed by atoms with van der Waals surface area (Å²) in [5.41, 5.74) is 0.338. The second-order valence-corrected chi connectivity index (χ2v) is 6.74. The fourth-order valence-corrected chi connectivity index (χ4v) is 2.72. The molecule has 6 nitrogen and oxygen atoms in total. The Kier molecular flexibility index (Phi) is 4.53. The highest BCUT2D eigenvalue weighted by molar-refractivity contribution is 7.99. The number of hydrogen-bond acceptors (Lipinski definition) is 5. The van der Waals surface area contributed by atoms with Crippen molar-refractivity contribution in [3.8, 4) is 11.5 Å². The monoisotopic (exact) mass is 326 g/mol. The van der Waals surface area contributed by atoms with Crippen LogP contribution in [0, 0.1) is 0 Å². The Balaban J connectivity index is 2.46. The summed E-state index contributed by atoms with van der Waals surface area (Å²) in [6, 6.07) is 3.50. The molecule has 0 amide bonds. The predicted molar refractivity (Wildman–Crippen MR) is 81.6 cm³/mol. The van der Waals surface area contributed by atoms with Crippen molar-refractivity contribution in [1.29, 1.82) is 0 Å². The third-order valence-corrected chi connectivity index (χ3v) is 3.72. The van der Waals surface area contributed by atoms with Gasteiger partial charge in [0.15, 0.2) is 11.0 Å². The Morgan fingerprint density at radius 1 is 1.38 bits per heavy atom. The van der Waals surface area contributed by atoms with Crippen LogP contribution in [0.1, 0.15) is 20.8 Å². The Labute approximate surface area is 131 Å². The van der Waals surface area contributed by atoms with Crippen molar-refractivity contribution in [3.63, 3.8) is 0 Å². The van der Waals surface area contributed by atoms with E-state index >= 15 is 0 Å². The van der Waals surface area contributed by atoms with Crippen LogP contribution >= 0.6 is 23.4 Å². The lowest BCUT2D eigenvalue weighted by molar-refractivity contribution is -0.133. The van der Waals surface area contributed by atoms with E-state index in [2.05, 4.69) is 15.2 Å². The van der Waals surface area contributed by atoms with Crippen LogP contribution in [-0.2, 0) is 10.3 Å². The fourth-order valence-electron chi connectivity index (χ4n) is 1.77. The highest BCUT2D eigenvalue weighted by atomic mass is 35.5. The molecule has 0 radical (unpaired) electrons. The van der Waals surface area contributed by atoms with Crippen LogP contribution in [0.25, 0.3) is 11.5 Å². The van der Waals surface area contributed by atoms with Gasteiger partial charge in [0, 0.05) is 11.7 Å². The number of carboxylic acid groups (broad SMARTS) is 1. The van der Waals surface area contributed by atoms with E-state index in [0.29, 0.717) is 21.7 Å². The smallest absolute Gasteiger partial charge is 0.313 e. The molecule has 2 rings (SSSR count). The molecule has 0 aliphatic rings. The van der Waals surface area contributed by atoms with Gasteiger partial charge in [0.25, 0.3) is 0 Å². The second-order valence-electron chi connectivity index (χ2n) is 5.36. The first-order chi connectivity index (χ1) is 9.79. The second kappa shape index (κ2) is 6.03. The molecule has 0 fully saturated rings. The molecule has 0 saturated heterocycles. The van der Waals surface area contributed by atoms with Gasteiger partial charge >= 0.3 is 5.97 Å². The molecule has 0 spiro atoms. The first-order valence-corrected chi connectivity index (χ1v) is 7.58. The maximum atomic E-state index is 10.7. The standard InChI is InChI=1S/C13H15ClN4O2S/c1-13(2,3)18-11(9-5-4-8(14)6-15-9)16-17-12(18)21-7-10(19)20/h4-6H,7H2,1-3H3,(H,19,20). The number of rotatable bonds is 4. The Morgan fingerprint density at radius 3 is 2.62 bits per heavy atom. The van der Waals surface area contributed by atoms with E-state index in [1.54, 1.807) is 18.3 Å². The Bertz CT molecular complexity index is 649. The molecule has 112 valence electrons. The summed E-state index contributed by atoms with van der Waals surface area (Å²) in [7, 11) is 0. The molecule has 0 bridgehead atoms. The zero-order valence-corrected chi connectivity index (χ0v) is 13.4. The first kappa shape index (κ1) is 15.8. The highest BCUT2D eigenvalue weighted by Gasteiger charge is 2.25. The van der Waals surface area contributed by atoms with E-state index in [1.165, 1.54) is 0 Å². The highest BCUT2D eigenvalue weighted by Crippen LogP contribution is 2.30. The van der Waals surface area contributed by atoms with Crippen molar-refractivity contribution < 1.29 is 9.90 Å². The molecule has 0 unspecified atom stereocenters. The first-order valence-electron chi connectivity index (χ1n) is 6.21. The fraction of sp³-hybridized carbons (Fsp3) is 0.385. The number of carboxylic acids is 1. The maximum Gasteiger partial charge on any atom is 0.313 e. The van der Waals surface area contributed by atoms with E-state index in [4.69, 9.17) is 16.7 Å². The van der Waals surface area contributed by atoms with Gasteiger partial charge in [-0.1, -0.05) is 23.4 Å². The van der Waals surface area contributed by atoms with Gasteiger partial charge in [-0.3, -0.25) is 14.3 Å². The van der Waals surface area contributed by atoms with Crippen molar-refractivity contribution in [2.24, 2.45) is 0 Å². The van der Waals surface area contributed by atoms with Crippen molar-refractivity contribution in [2.45, 2.75) is 31.5 Å². The number of pyridine rings is 1. The minimum absolute atomic E-state index is 0.0672. The van der Waals surface area contributed by atoms with Gasteiger partial charge in [-0.25, -0.2) is 0 Å². The van der Waals surface area contributed by atoms with Crippen LogP contribution in [0.5, 0.6) is 0 Å². The van der Waals surface area contributed by atoms with Gasteiger partial charge in [-0.15, -0.1) is 10.2 Å². The summed E-state index contributed by atoms with van der Waals surface area (Å²) in [5, 5.41) is 18.2. The zero-order valence-electron chi connectivity index (χ0n) is 11.9. The number of nitrogens with zero attached hydrogens (tertiary/aromatic N) is 4. The van der Waals surface area contributed by atoms with Crippen LogP contribution in [0.4, 0.5) is 0 Å². The number of aromatic nitrogens is 4. The Hall–Kier alpha value is -1.60. The van der Waals surface area contributed by atoms with E-state index in [1.807, 2.05) is 25.3 Å². The minimum atomic E-state index is -0.894. The SMILES string of the molecule is CC(C)(C)n1c(SCC(=O)O)nnc1-c1ccc(Cl)cn1. The van der Waals surface area contributed by atoms with Crippen LogP contribution in [0.15, 0.2) is 23.5 Å². The molecule has 0 aliphatic heterocycles. The number of halogens is 1. The lowest BCUT2D eigenvalue weighted by atomic mass is 10.1. The van der Waals surface area contributed by atoms with Crippen LogP contribution in [-0.4, -0.2) is 36.6 Å². The van der Waals surface area contributed by atoms with Crippen LogP contribution < -0.4 is 0 Å². The molecule has 1 N–H and O–H groups in total. The quantitative estimate of drug-likeness (QED) is 0.870. The number of aliphatic carboxylic acids is 1. The van der Waals surface area contributed by atoms with Gasteiger partial charge in [0.1, 0.15) is 5.69 Å².